The lowest BCUT2D eigenvalue weighted by atomic mass is 9.99. The van der Waals surface area contributed by atoms with Gasteiger partial charge in [-0.3, -0.25) is 0 Å². The van der Waals surface area contributed by atoms with Crippen molar-refractivity contribution in [2.24, 2.45) is 0 Å². The molecule has 1 unspecified atom stereocenters. The predicted octanol–water partition coefficient (Wildman–Crippen LogP) is 5.68. The van der Waals surface area contributed by atoms with Crippen molar-refractivity contribution in [1.29, 1.82) is 0 Å². The standard InChI is InChI=1S/C13H9Br2F3OS/c1-6-4-7(13(16,17)18)2-3-8(6)11(19)10-5-9(14)12(15)20-10/h2-5,11,19H,1H3. The Kier molecular flexibility index (Phi) is 4.63. The van der Waals surface area contributed by atoms with Gasteiger partial charge in [-0.05, 0) is 68.1 Å². The van der Waals surface area contributed by atoms with E-state index in [2.05, 4.69) is 31.9 Å². The minimum atomic E-state index is -4.37. The molecule has 0 aliphatic heterocycles. The fourth-order valence-electron chi connectivity index (χ4n) is 1.81. The summed E-state index contributed by atoms with van der Waals surface area (Å²) in [5.74, 6) is 0. The van der Waals surface area contributed by atoms with Crippen LogP contribution in [0.5, 0.6) is 0 Å². The molecule has 0 saturated heterocycles. The maximum absolute atomic E-state index is 12.6. The molecule has 1 aromatic carbocycles. The number of halogens is 5. The first-order valence-electron chi connectivity index (χ1n) is 5.50. The lowest BCUT2D eigenvalue weighted by Gasteiger charge is -2.14. The van der Waals surface area contributed by atoms with Crippen LogP contribution in [0.1, 0.15) is 27.7 Å². The van der Waals surface area contributed by atoms with Crippen molar-refractivity contribution in [1.82, 2.24) is 0 Å². The van der Waals surface area contributed by atoms with Crippen molar-refractivity contribution in [3.05, 3.63) is 54.1 Å². The lowest BCUT2D eigenvalue weighted by Crippen LogP contribution is -2.07. The van der Waals surface area contributed by atoms with Gasteiger partial charge in [0, 0.05) is 9.35 Å². The third-order valence-corrected chi connectivity index (χ3v) is 6.13. The first-order chi connectivity index (χ1) is 9.20. The number of aliphatic hydroxyl groups is 1. The number of thiophene rings is 1. The second-order valence-electron chi connectivity index (χ2n) is 4.24. The monoisotopic (exact) mass is 428 g/mol. The van der Waals surface area contributed by atoms with Crippen molar-refractivity contribution in [2.45, 2.75) is 19.2 Å². The van der Waals surface area contributed by atoms with Crippen molar-refractivity contribution in [3.8, 4) is 0 Å². The lowest BCUT2D eigenvalue weighted by molar-refractivity contribution is -0.137. The number of alkyl halides is 3. The molecule has 1 heterocycles. The van der Waals surface area contributed by atoms with E-state index in [0.717, 1.165) is 20.4 Å². The van der Waals surface area contributed by atoms with Crippen LogP contribution in [0.25, 0.3) is 0 Å². The fraction of sp³-hybridized carbons (Fsp3) is 0.231. The highest BCUT2D eigenvalue weighted by molar-refractivity contribution is 9.13. The second-order valence-corrected chi connectivity index (χ2v) is 7.50. The number of rotatable bonds is 2. The number of benzene rings is 1. The predicted molar refractivity (Wildman–Crippen MR) is 80.0 cm³/mol. The number of hydrogen-bond donors (Lipinski definition) is 1. The summed E-state index contributed by atoms with van der Waals surface area (Å²) in [5.41, 5.74) is 0.173. The van der Waals surface area contributed by atoms with E-state index in [1.165, 1.54) is 17.4 Å². The van der Waals surface area contributed by atoms with Gasteiger partial charge in [-0.2, -0.15) is 13.2 Å². The van der Waals surface area contributed by atoms with Crippen LogP contribution >= 0.6 is 43.2 Å². The molecule has 1 aromatic heterocycles. The Bertz CT molecular complexity index is 618. The van der Waals surface area contributed by atoms with E-state index in [4.69, 9.17) is 0 Å². The molecule has 2 aromatic rings. The zero-order chi connectivity index (χ0) is 15.1. The van der Waals surface area contributed by atoms with Crippen LogP contribution in [-0.4, -0.2) is 5.11 Å². The SMILES string of the molecule is Cc1cc(C(F)(F)F)ccc1C(O)c1cc(Br)c(Br)s1. The summed E-state index contributed by atoms with van der Waals surface area (Å²) in [6.07, 6.45) is -5.31. The molecule has 0 saturated carbocycles. The maximum atomic E-state index is 12.6. The van der Waals surface area contributed by atoms with Crippen LogP contribution in [0.3, 0.4) is 0 Å². The number of hydrogen-bond acceptors (Lipinski definition) is 2. The molecule has 0 aliphatic rings. The Hall–Kier alpha value is -0.370. The summed E-state index contributed by atoms with van der Waals surface area (Å²) in [6, 6.07) is 5.11. The van der Waals surface area contributed by atoms with Crippen LogP contribution in [0.2, 0.25) is 0 Å². The zero-order valence-corrected chi connectivity index (χ0v) is 14.1. The van der Waals surface area contributed by atoms with Gasteiger partial charge in [-0.15, -0.1) is 11.3 Å². The Morgan fingerprint density at radius 3 is 2.30 bits per heavy atom. The normalized spacial score (nSPS) is 13.6. The molecule has 0 bridgehead atoms. The van der Waals surface area contributed by atoms with E-state index in [1.54, 1.807) is 13.0 Å². The minimum Gasteiger partial charge on any atom is -0.383 e. The van der Waals surface area contributed by atoms with Gasteiger partial charge in [0.05, 0.1) is 9.35 Å². The Morgan fingerprint density at radius 1 is 1.20 bits per heavy atom. The largest absolute Gasteiger partial charge is 0.416 e. The van der Waals surface area contributed by atoms with Gasteiger partial charge < -0.3 is 5.11 Å². The zero-order valence-electron chi connectivity index (χ0n) is 10.1. The molecule has 0 amide bonds. The van der Waals surface area contributed by atoms with Gasteiger partial charge in [0.1, 0.15) is 6.10 Å². The van der Waals surface area contributed by atoms with Crippen LogP contribution in [0.4, 0.5) is 13.2 Å². The first-order valence-corrected chi connectivity index (χ1v) is 7.91. The van der Waals surface area contributed by atoms with E-state index in [0.29, 0.717) is 16.0 Å². The third kappa shape index (κ3) is 3.27. The van der Waals surface area contributed by atoms with E-state index in [1.807, 2.05) is 0 Å². The van der Waals surface area contributed by atoms with Gasteiger partial charge in [0.15, 0.2) is 0 Å². The molecule has 108 valence electrons. The molecule has 0 spiro atoms. The quantitative estimate of drug-likeness (QED) is 0.650. The molecule has 0 radical (unpaired) electrons. The molecule has 7 heteroatoms. The van der Waals surface area contributed by atoms with Gasteiger partial charge in [0.25, 0.3) is 0 Å². The Morgan fingerprint density at radius 2 is 1.85 bits per heavy atom. The average Bonchev–Trinajstić information content (AvgIpc) is 2.67. The van der Waals surface area contributed by atoms with Crippen LogP contribution in [-0.2, 0) is 6.18 Å². The first kappa shape index (κ1) is 16.0. The number of aryl methyl sites for hydroxylation is 1. The highest BCUT2D eigenvalue weighted by Gasteiger charge is 2.31. The van der Waals surface area contributed by atoms with Crippen molar-refractivity contribution < 1.29 is 18.3 Å². The highest BCUT2D eigenvalue weighted by atomic mass is 79.9. The van der Waals surface area contributed by atoms with Crippen LogP contribution in [0.15, 0.2) is 32.5 Å². The topological polar surface area (TPSA) is 20.2 Å². The second kappa shape index (κ2) is 5.79. The Balaban J connectivity index is 2.38. The molecule has 0 fully saturated rings. The molecule has 1 N–H and O–H groups in total. The van der Waals surface area contributed by atoms with Crippen molar-refractivity contribution in [2.75, 3.05) is 0 Å². The summed E-state index contributed by atoms with van der Waals surface area (Å²) in [4.78, 5) is 0.659. The van der Waals surface area contributed by atoms with Crippen LogP contribution < -0.4 is 0 Å². The van der Waals surface area contributed by atoms with E-state index in [9.17, 15) is 18.3 Å². The number of aliphatic hydroxyl groups excluding tert-OH is 1. The van der Waals surface area contributed by atoms with Gasteiger partial charge in [-0.25, -0.2) is 0 Å². The van der Waals surface area contributed by atoms with E-state index in [-0.39, 0.29) is 0 Å². The van der Waals surface area contributed by atoms with Crippen molar-refractivity contribution in [3.63, 3.8) is 0 Å². The highest BCUT2D eigenvalue weighted by Crippen LogP contribution is 2.39. The van der Waals surface area contributed by atoms with Gasteiger partial charge in [0.2, 0.25) is 0 Å². The molecule has 2 rings (SSSR count). The fourth-order valence-corrected chi connectivity index (χ4v) is 3.91. The smallest absolute Gasteiger partial charge is 0.383 e. The minimum absolute atomic E-state index is 0.410. The van der Waals surface area contributed by atoms with Gasteiger partial charge in [-0.1, -0.05) is 6.07 Å². The van der Waals surface area contributed by atoms with Gasteiger partial charge >= 0.3 is 6.18 Å². The van der Waals surface area contributed by atoms with Crippen molar-refractivity contribution >= 4 is 43.2 Å². The van der Waals surface area contributed by atoms with E-state index < -0.39 is 17.8 Å². The van der Waals surface area contributed by atoms with E-state index >= 15 is 0 Å². The summed E-state index contributed by atoms with van der Waals surface area (Å²) < 4.78 is 39.5. The third-order valence-electron chi connectivity index (χ3n) is 2.83. The summed E-state index contributed by atoms with van der Waals surface area (Å²) >= 11 is 7.98. The molecule has 20 heavy (non-hydrogen) atoms. The molecule has 0 aliphatic carbocycles. The maximum Gasteiger partial charge on any atom is 0.416 e. The molecule has 1 atom stereocenters. The molecular formula is C13H9Br2F3OS. The summed E-state index contributed by atoms with van der Waals surface area (Å²) in [7, 11) is 0. The van der Waals surface area contributed by atoms with Crippen LogP contribution in [0, 0.1) is 6.92 Å². The molecular weight excluding hydrogens is 421 g/mol. The summed E-state index contributed by atoms with van der Waals surface area (Å²) in [5, 5.41) is 10.3. The molecule has 1 nitrogen and oxygen atoms in total. The Labute approximate surface area is 134 Å². The average molecular weight is 430 g/mol. The summed E-state index contributed by atoms with van der Waals surface area (Å²) in [6.45, 7) is 1.56.